The number of hydrogen-bond acceptors (Lipinski definition) is 4. The van der Waals surface area contributed by atoms with Crippen molar-refractivity contribution in [2.24, 2.45) is 0 Å². The SMILES string of the molecule is O=C(NCC=Cc1cnc(C(F)(F)F)nc1)OCc1ccccc1. The third-order valence-electron chi connectivity index (χ3n) is 2.81. The number of rotatable bonds is 5. The zero-order valence-corrected chi connectivity index (χ0v) is 12.5. The molecule has 0 radical (unpaired) electrons. The van der Waals surface area contributed by atoms with Crippen molar-refractivity contribution in [2.75, 3.05) is 6.54 Å². The number of alkyl carbamates (subject to hydrolysis) is 1. The highest BCUT2D eigenvalue weighted by molar-refractivity contribution is 5.67. The van der Waals surface area contributed by atoms with Gasteiger partial charge in [-0.3, -0.25) is 0 Å². The van der Waals surface area contributed by atoms with Crippen LogP contribution in [0.4, 0.5) is 18.0 Å². The molecule has 0 unspecified atom stereocenters. The number of aromatic nitrogens is 2. The average Bonchev–Trinajstić information content (AvgIpc) is 2.57. The fourth-order valence-corrected chi connectivity index (χ4v) is 1.68. The zero-order chi connectivity index (χ0) is 17.4. The highest BCUT2D eigenvalue weighted by atomic mass is 19.4. The summed E-state index contributed by atoms with van der Waals surface area (Å²) in [5.74, 6) is -1.19. The maximum atomic E-state index is 12.3. The van der Waals surface area contributed by atoms with E-state index in [1.165, 1.54) is 6.08 Å². The molecule has 0 saturated heterocycles. The number of nitrogens with one attached hydrogen (secondary N) is 1. The number of hydrogen-bond donors (Lipinski definition) is 1. The van der Waals surface area contributed by atoms with Gasteiger partial charge in [0.05, 0.1) is 0 Å². The normalized spacial score (nSPS) is 11.5. The van der Waals surface area contributed by atoms with Crippen LogP contribution in [0.3, 0.4) is 0 Å². The third kappa shape index (κ3) is 5.71. The van der Waals surface area contributed by atoms with Crippen LogP contribution in [0.1, 0.15) is 17.0 Å². The predicted molar refractivity (Wildman–Crippen MR) is 80.7 cm³/mol. The fraction of sp³-hybridized carbons (Fsp3) is 0.188. The van der Waals surface area contributed by atoms with Crippen molar-refractivity contribution in [3.8, 4) is 0 Å². The summed E-state index contributed by atoms with van der Waals surface area (Å²) in [5, 5.41) is 2.49. The molecule has 0 spiro atoms. The van der Waals surface area contributed by atoms with E-state index in [2.05, 4.69) is 15.3 Å². The van der Waals surface area contributed by atoms with Gasteiger partial charge in [0.15, 0.2) is 0 Å². The van der Waals surface area contributed by atoms with Crippen LogP contribution in [0.25, 0.3) is 6.08 Å². The van der Waals surface area contributed by atoms with Gasteiger partial charge in [0.25, 0.3) is 0 Å². The summed E-state index contributed by atoms with van der Waals surface area (Å²) in [6, 6.07) is 9.20. The van der Waals surface area contributed by atoms with Crippen LogP contribution in [0.2, 0.25) is 0 Å². The van der Waals surface area contributed by atoms with Gasteiger partial charge in [0, 0.05) is 24.5 Å². The lowest BCUT2D eigenvalue weighted by atomic mass is 10.2. The summed E-state index contributed by atoms with van der Waals surface area (Å²) in [7, 11) is 0. The van der Waals surface area contributed by atoms with Crippen molar-refractivity contribution in [2.45, 2.75) is 12.8 Å². The van der Waals surface area contributed by atoms with Gasteiger partial charge in [-0.15, -0.1) is 0 Å². The zero-order valence-electron chi connectivity index (χ0n) is 12.5. The minimum absolute atomic E-state index is 0.156. The van der Waals surface area contributed by atoms with Crippen LogP contribution >= 0.6 is 0 Å². The molecule has 1 aromatic carbocycles. The Balaban J connectivity index is 1.73. The standard InChI is InChI=1S/C16H14F3N3O2/c17-16(18,19)14-21-9-13(10-22-14)7-4-8-20-15(23)24-11-12-5-2-1-3-6-12/h1-7,9-10H,8,11H2,(H,20,23). The molecule has 0 aliphatic heterocycles. The molecule has 0 aliphatic carbocycles. The van der Waals surface area contributed by atoms with Crippen LogP contribution in [0, 0.1) is 0 Å². The summed E-state index contributed by atoms with van der Waals surface area (Å²) >= 11 is 0. The van der Waals surface area contributed by atoms with E-state index in [1.807, 2.05) is 30.3 Å². The number of carbonyl (C=O) groups excluding carboxylic acids is 1. The second kappa shape index (κ2) is 8.09. The van der Waals surface area contributed by atoms with Gasteiger partial charge < -0.3 is 10.1 Å². The molecule has 0 aliphatic rings. The van der Waals surface area contributed by atoms with Crippen LogP contribution in [-0.2, 0) is 17.5 Å². The van der Waals surface area contributed by atoms with Crippen molar-refractivity contribution in [3.63, 3.8) is 0 Å². The van der Waals surface area contributed by atoms with Crippen molar-refractivity contribution in [1.29, 1.82) is 0 Å². The number of alkyl halides is 3. The van der Waals surface area contributed by atoms with E-state index in [0.717, 1.165) is 18.0 Å². The second-order valence-electron chi connectivity index (χ2n) is 4.68. The lowest BCUT2D eigenvalue weighted by molar-refractivity contribution is -0.145. The highest BCUT2D eigenvalue weighted by Gasteiger charge is 2.34. The molecule has 126 valence electrons. The Morgan fingerprint density at radius 1 is 1.17 bits per heavy atom. The third-order valence-corrected chi connectivity index (χ3v) is 2.81. The Morgan fingerprint density at radius 3 is 2.46 bits per heavy atom. The monoisotopic (exact) mass is 337 g/mol. The average molecular weight is 337 g/mol. The van der Waals surface area contributed by atoms with E-state index in [-0.39, 0.29) is 13.2 Å². The largest absolute Gasteiger partial charge is 0.451 e. The molecule has 1 heterocycles. The highest BCUT2D eigenvalue weighted by Crippen LogP contribution is 2.25. The minimum Gasteiger partial charge on any atom is -0.445 e. The van der Waals surface area contributed by atoms with Crippen molar-refractivity contribution in [1.82, 2.24) is 15.3 Å². The Kier molecular flexibility index (Phi) is 5.89. The molecule has 0 fully saturated rings. The van der Waals surface area contributed by atoms with Gasteiger partial charge in [-0.05, 0) is 5.56 Å². The molecule has 8 heteroatoms. The summed E-state index contributed by atoms with van der Waals surface area (Å²) in [6.45, 7) is 0.317. The quantitative estimate of drug-likeness (QED) is 0.908. The van der Waals surface area contributed by atoms with Gasteiger partial charge in [-0.2, -0.15) is 13.2 Å². The van der Waals surface area contributed by atoms with Gasteiger partial charge in [-0.1, -0.05) is 42.5 Å². The Morgan fingerprint density at radius 2 is 1.83 bits per heavy atom. The van der Waals surface area contributed by atoms with Gasteiger partial charge in [0.1, 0.15) is 6.61 Å². The topological polar surface area (TPSA) is 64.1 Å². The van der Waals surface area contributed by atoms with Crippen LogP contribution in [0.15, 0.2) is 48.8 Å². The molecule has 0 atom stereocenters. The Hall–Kier alpha value is -2.90. The van der Waals surface area contributed by atoms with E-state index in [0.29, 0.717) is 5.56 Å². The van der Waals surface area contributed by atoms with Crippen LogP contribution in [0.5, 0.6) is 0 Å². The van der Waals surface area contributed by atoms with E-state index >= 15 is 0 Å². The molecule has 24 heavy (non-hydrogen) atoms. The number of ether oxygens (including phenoxy) is 1. The van der Waals surface area contributed by atoms with Crippen molar-refractivity contribution >= 4 is 12.2 Å². The minimum atomic E-state index is -4.56. The summed E-state index contributed by atoms with van der Waals surface area (Å²) in [4.78, 5) is 17.9. The first-order valence-corrected chi connectivity index (χ1v) is 6.95. The molecule has 2 aromatic rings. The number of halogens is 3. The second-order valence-corrected chi connectivity index (χ2v) is 4.68. The van der Waals surface area contributed by atoms with Crippen LogP contribution < -0.4 is 5.32 Å². The molecule has 0 bridgehead atoms. The first-order valence-electron chi connectivity index (χ1n) is 6.95. The summed E-state index contributed by atoms with van der Waals surface area (Å²) < 4.78 is 41.9. The number of benzene rings is 1. The number of carbonyl (C=O) groups is 1. The molecule has 2 rings (SSSR count). The fourth-order valence-electron chi connectivity index (χ4n) is 1.68. The Bertz CT molecular complexity index is 686. The lowest BCUT2D eigenvalue weighted by Crippen LogP contribution is -2.24. The van der Waals surface area contributed by atoms with E-state index in [4.69, 9.17) is 4.74 Å². The molecule has 5 nitrogen and oxygen atoms in total. The summed E-state index contributed by atoms with van der Waals surface area (Å²) in [6.07, 6.45) is 0.00641. The maximum absolute atomic E-state index is 12.3. The lowest BCUT2D eigenvalue weighted by Gasteiger charge is -2.05. The molecule has 0 saturated carbocycles. The summed E-state index contributed by atoms with van der Waals surface area (Å²) in [5.41, 5.74) is 1.26. The maximum Gasteiger partial charge on any atom is 0.451 e. The predicted octanol–water partition coefficient (Wildman–Crippen LogP) is 3.44. The first kappa shape index (κ1) is 17.5. The van der Waals surface area contributed by atoms with Crippen LogP contribution in [-0.4, -0.2) is 22.6 Å². The number of nitrogens with zero attached hydrogens (tertiary/aromatic N) is 2. The van der Waals surface area contributed by atoms with Gasteiger partial charge in [0.2, 0.25) is 5.82 Å². The van der Waals surface area contributed by atoms with E-state index in [1.54, 1.807) is 6.08 Å². The van der Waals surface area contributed by atoms with Gasteiger partial charge in [-0.25, -0.2) is 14.8 Å². The molecular formula is C16H14F3N3O2. The van der Waals surface area contributed by atoms with Crippen molar-refractivity contribution in [3.05, 3.63) is 65.8 Å². The Labute approximate surface area is 136 Å². The smallest absolute Gasteiger partial charge is 0.445 e. The molecule has 1 N–H and O–H groups in total. The van der Waals surface area contributed by atoms with Crippen molar-refractivity contribution < 1.29 is 22.7 Å². The van der Waals surface area contributed by atoms with Gasteiger partial charge >= 0.3 is 12.3 Å². The van der Waals surface area contributed by atoms with E-state index < -0.39 is 18.1 Å². The first-order chi connectivity index (χ1) is 11.4. The molecular weight excluding hydrogens is 323 g/mol. The molecule has 1 amide bonds. The number of amides is 1. The van der Waals surface area contributed by atoms with E-state index in [9.17, 15) is 18.0 Å². The molecule has 1 aromatic heterocycles.